The molecule has 2 aromatic rings. The van der Waals surface area contributed by atoms with E-state index < -0.39 is 0 Å². The van der Waals surface area contributed by atoms with Crippen molar-refractivity contribution in [1.29, 1.82) is 0 Å². The highest BCUT2D eigenvalue weighted by Crippen LogP contribution is 2.07. The van der Waals surface area contributed by atoms with E-state index in [0.717, 1.165) is 5.56 Å². The number of benzene rings is 1. The van der Waals surface area contributed by atoms with Crippen LogP contribution in [-0.2, 0) is 11.2 Å². The van der Waals surface area contributed by atoms with Crippen LogP contribution in [0.3, 0.4) is 0 Å². The van der Waals surface area contributed by atoms with Gasteiger partial charge in [0.25, 0.3) is 5.91 Å². The van der Waals surface area contributed by atoms with Gasteiger partial charge in [-0.3, -0.25) is 9.59 Å². The fourth-order valence-corrected chi connectivity index (χ4v) is 2.55. The Balaban J connectivity index is 1.61. The summed E-state index contributed by atoms with van der Waals surface area (Å²) >= 11 is 1.36. The molecule has 4 nitrogen and oxygen atoms in total. The first-order valence-corrected chi connectivity index (χ1v) is 7.86. The van der Waals surface area contributed by atoms with E-state index >= 15 is 0 Å². The smallest absolute Gasteiger partial charge is 0.261 e. The molecule has 0 aliphatic carbocycles. The van der Waals surface area contributed by atoms with Crippen molar-refractivity contribution in [2.24, 2.45) is 0 Å². The number of hydrogen-bond acceptors (Lipinski definition) is 3. The zero-order chi connectivity index (χ0) is 15.8. The molecule has 1 heterocycles. The van der Waals surface area contributed by atoms with E-state index in [9.17, 15) is 14.0 Å². The van der Waals surface area contributed by atoms with Crippen molar-refractivity contribution in [3.8, 4) is 0 Å². The summed E-state index contributed by atoms with van der Waals surface area (Å²) in [6.07, 6.45) is 0.797. The minimum absolute atomic E-state index is 0.136. The van der Waals surface area contributed by atoms with E-state index in [-0.39, 0.29) is 24.1 Å². The van der Waals surface area contributed by atoms with Crippen molar-refractivity contribution < 1.29 is 14.0 Å². The van der Waals surface area contributed by atoms with Crippen LogP contribution >= 0.6 is 11.3 Å². The molecule has 0 aliphatic heterocycles. The number of halogens is 1. The predicted octanol–water partition coefficient (Wildman–Crippen LogP) is 2.37. The minimum atomic E-state index is -0.278. The Kier molecular flexibility index (Phi) is 6.09. The van der Waals surface area contributed by atoms with Gasteiger partial charge in [0.2, 0.25) is 5.91 Å². The maximum atomic E-state index is 13.0. The van der Waals surface area contributed by atoms with Crippen molar-refractivity contribution in [2.75, 3.05) is 13.1 Å². The lowest BCUT2D eigenvalue weighted by Crippen LogP contribution is -2.31. The lowest BCUT2D eigenvalue weighted by atomic mass is 10.1. The number of amides is 2. The van der Waals surface area contributed by atoms with Gasteiger partial charge in [0.15, 0.2) is 0 Å². The van der Waals surface area contributed by atoms with E-state index in [1.54, 1.807) is 18.2 Å². The maximum absolute atomic E-state index is 13.0. The molecule has 2 amide bonds. The Bertz CT molecular complexity index is 629. The van der Waals surface area contributed by atoms with Gasteiger partial charge >= 0.3 is 0 Å². The van der Waals surface area contributed by atoms with Crippen LogP contribution in [0.5, 0.6) is 0 Å². The van der Waals surface area contributed by atoms with E-state index in [4.69, 9.17) is 0 Å². The Morgan fingerprint density at radius 2 is 1.95 bits per heavy atom. The van der Waals surface area contributed by atoms with Gasteiger partial charge in [0, 0.05) is 19.5 Å². The summed E-state index contributed by atoms with van der Waals surface area (Å²) in [5, 5.41) is 7.27. The van der Waals surface area contributed by atoms with Crippen LogP contribution in [0.1, 0.15) is 21.7 Å². The highest BCUT2D eigenvalue weighted by atomic mass is 32.1. The van der Waals surface area contributed by atoms with Crippen molar-refractivity contribution in [3.05, 3.63) is 58.0 Å². The van der Waals surface area contributed by atoms with Crippen LogP contribution in [0, 0.1) is 5.82 Å². The Hall–Kier alpha value is -2.21. The molecule has 6 heteroatoms. The highest BCUT2D eigenvalue weighted by molar-refractivity contribution is 7.12. The van der Waals surface area contributed by atoms with Gasteiger partial charge < -0.3 is 10.6 Å². The van der Waals surface area contributed by atoms with Crippen LogP contribution in [0.4, 0.5) is 4.39 Å². The predicted molar refractivity (Wildman–Crippen MR) is 84.4 cm³/mol. The third-order valence-corrected chi connectivity index (χ3v) is 3.88. The fraction of sp³-hybridized carbons (Fsp3) is 0.250. The summed E-state index contributed by atoms with van der Waals surface area (Å²) < 4.78 is 13.0. The lowest BCUT2D eigenvalue weighted by molar-refractivity contribution is -0.120. The van der Waals surface area contributed by atoms with Crippen LogP contribution in [0.2, 0.25) is 0 Å². The van der Waals surface area contributed by atoms with Crippen LogP contribution in [0.15, 0.2) is 41.8 Å². The second kappa shape index (κ2) is 8.29. The van der Waals surface area contributed by atoms with Gasteiger partial charge in [-0.25, -0.2) is 4.39 Å². The molecule has 0 bridgehead atoms. The second-order valence-corrected chi connectivity index (χ2v) is 5.66. The molecule has 0 radical (unpaired) electrons. The first kappa shape index (κ1) is 16.2. The SMILES string of the molecule is O=C(CCNC(=O)c1cccs1)NCCc1cccc(F)c1. The Morgan fingerprint density at radius 1 is 1.09 bits per heavy atom. The maximum Gasteiger partial charge on any atom is 0.261 e. The first-order valence-electron chi connectivity index (χ1n) is 6.98. The molecule has 0 unspecified atom stereocenters. The third-order valence-electron chi connectivity index (χ3n) is 3.01. The number of carbonyl (C=O) groups excluding carboxylic acids is 2. The summed E-state index contributed by atoms with van der Waals surface area (Å²) in [6.45, 7) is 0.740. The molecule has 2 rings (SSSR count). The van der Waals surface area contributed by atoms with Gasteiger partial charge in [-0.2, -0.15) is 0 Å². The number of carbonyl (C=O) groups is 2. The third kappa shape index (κ3) is 5.29. The van der Waals surface area contributed by atoms with Gasteiger partial charge in [0.05, 0.1) is 4.88 Å². The summed E-state index contributed by atoms with van der Waals surface area (Å²) in [5.41, 5.74) is 0.839. The second-order valence-electron chi connectivity index (χ2n) is 4.71. The molecule has 1 aromatic carbocycles. The summed E-state index contributed by atoms with van der Waals surface area (Å²) in [5.74, 6) is -0.578. The van der Waals surface area contributed by atoms with E-state index in [1.807, 2.05) is 11.4 Å². The molecule has 0 fully saturated rings. The van der Waals surface area contributed by atoms with Crippen molar-refractivity contribution >= 4 is 23.2 Å². The van der Waals surface area contributed by atoms with E-state index in [2.05, 4.69) is 10.6 Å². The highest BCUT2D eigenvalue weighted by Gasteiger charge is 2.07. The molecular formula is C16H17FN2O2S. The van der Waals surface area contributed by atoms with Gasteiger partial charge in [-0.15, -0.1) is 11.3 Å². The number of hydrogen-bond donors (Lipinski definition) is 2. The molecule has 0 aliphatic rings. The fourth-order valence-electron chi connectivity index (χ4n) is 1.91. The molecule has 116 valence electrons. The standard InChI is InChI=1S/C16H17FN2O2S/c17-13-4-1-3-12(11-13)6-8-18-15(20)7-9-19-16(21)14-5-2-10-22-14/h1-5,10-11H,6-9H2,(H,18,20)(H,19,21). The number of rotatable bonds is 7. The van der Waals surface area contributed by atoms with Crippen molar-refractivity contribution in [2.45, 2.75) is 12.8 Å². The first-order chi connectivity index (χ1) is 10.6. The molecular weight excluding hydrogens is 303 g/mol. The molecule has 0 saturated heterocycles. The summed E-state index contributed by atoms with van der Waals surface area (Å²) in [4.78, 5) is 23.9. The molecule has 22 heavy (non-hydrogen) atoms. The lowest BCUT2D eigenvalue weighted by Gasteiger charge is -2.06. The van der Waals surface area contributed by atoms with E-state index in [1.165, 1.54) is 23.5 Å². The molecule has 0 atom stereocenters. The monoisotopic (exact) mass is 320 g/mol. The molecule has 0 saturated carbocycles. The normalized spacial score (nSPS) is 10.2. The average molecular weight is 320 g/mol. The van der Waals surface area contributed by atoms with Crippen molar-refractivity contribution in [3.63, 3.8) is 0 Å². The van der Waals surface area contributed by atoms with Crippen molar-refractivity contribution in [1.82, 2.24) is 10.6 Å². The summed E-state index contributed by atoms with van der Waals surface area (Å²) in [6, 6.07) is 9.84. The Morgan fingerprint density at radius 3 is 2.68 bits per heavy atom. The van der Waals surface area contributed by atoms with E-state index in [0.29, 0.717) is 24.4 Å². The topological polar surface area (TPSA) is 58.2 Å². The van der Waals surface area contributed by atoms with Crippen LogP contribution < -0.4 is 10.6 Å². The zero-order valence-corrected chi connectivity index (χ0v) is 12.8. The number of thiophene rings is 1. The van der Waals surface area contributed by atoms with Gasteiger partial charge in [0.1, 0.15) is 5.82 Å². The molecule has 1 aromatic heterocycles. The van der Waals surface area contributed by atoms with Gasteiger partial charge in [-0.1, -0.05) is 18.2 Å². The van der Waals surface area contributed by atoms with Gasteiger partial charge in [-0.05, 0) is 35.6 Å². The minimum Gasteiger partial charge on any atom is -0.356 e. The quantitative estimate of drug-likeness (QED) is 0.823. The Labute approximate surface area is 132 Å². The van der Waals surface area contributed by atoms with Crippen LogP contribution in [-0.4, -0.2) is 24.9 Å². The summed E-state index contributed by atoms with van der Waals surface area (Å²) in [7, 11) is 0. The zero-order valence-electron chi connectivity index (χ0n) is 12.0. The number of nitrogens with one attached hydrogen (secondary N) is 2. The molecule has 2 N–H and O–H groups in total. The molecule has 0 spiro atoms. The largest absolute Gasteiger partial charge is 0.356 e. The van der Waals surface area contributed by atoms with Crippen LogP contribution in [0.25, 0.3) is 0 Å². The average Bonchev–Trinajstić information content (AvgIpc) is 3.01.